The molecular weight excluding hydrogens is 186 g/mol. The van der Waals surface area contributed by atoms with Gasteiger partial charge in [-0.05, 0) is 44.6 Å². The molecule has 0 aromatic rings. The Morgan fingerprint density at radius 3 is 2.60 bits per heavy atom. The molecule has 15 heavy (non-hydrogen) atoms. The predicted molar refractivity (Wildman–Crippen MR) is 65.0 cm³/mol. The Morgan fingerprint density at radius 2 is 1.93 bits per heavy atom. The van der Waals surface area contributed by atoms with E-state index in [0.717, 1.165) is 18.4 Å². The molecule has 1 rings (SSSR count). The minimum atomic E-state index is 0.355. The zero-order chi connectivity index (χ0) is 10.9. The second-order valence-corrected chi connectivity index (χ2v) is 4.88. The molecule has 0 aromatic heterocycles. The lowest BCUT2D eigenvalue weighted by Crippen LogP contribution is -2.27. The first-order valence-electron chi connectivity index (χ1n) is 6.71. The summed E-state index contributed by atoms with van der Waals surface area (Å²) in [6.45, 7) is 3.84. The first-order valence-corrected chi connectivity index (χ1v) is 6.71. The number of rotatable bonds is 8. The fourth-order valence-corrected chi connectivity index (χ4v) is 2.53. The summed E-state index contributed by atoms with van der Waals surface area (Å²) in [5, 5.41) is 12.3. The number of hydrogen-bond donors (Lipinski definition) is 2. The van der Waals surface area contributed by atoms with E-state index in [-0.39, 0.29) is 0 Å². The Labute approximate surface area is 94.5 Å². The predicted octanol–water partition coefficient (Wildman–Crippen LogP) is 2.71. The highest BCUT2D eigenvalue weighted by molar-refractivity contribution is 4.79. The van der Waals surface area contributed by atoms with Crippen molar-refractivity contribution in [1.29, 1.82) is 0 Å². The average Bonchev–Trinajstić information content (AvgIpc) is 2.71. The minimum absolute atomic E-state index is 0.355. The zero-order valence-corrected chi connectivity index (χ0v) is 10.2. The van der Waals surface area contributed by atoms with Crippen molar-refractivity contribution in [2.75, 3.05) is 13.2 Å². The second kappa shape index (κ2) is 8.12. The fourth-order valence-electron chi connectivity index (χ4n) is 2.53. The fraction of sp³-hybridized carbons (Fsp3) is 1.00. The van der Waals surface area contributed by atoms with Gasteiger partial charge < -0.3 is 10.4 Å². The van der Waals surface area contributed by atoms with Gasteiger partial charge >= 0.3 is 0 Å². The van der Waals surface area contributed by atoms with E-state index in [4.69, 9.17) is 5.11 Å². The monoisotopic (exact) mass is 213 g/mol. The van der Waals surface area contributed by atoms with Crippen molar-refractivity contribution in [1.82, 2.24) is 5.32 Å². The lowest BCUT2D eigenvalue weighted by molar-refractivity contribution is 0.282. The molecule has 1 saturated carbocycles. The summed E-state index contributed by atoms with van der Waals surface area (Å²) in [6, 6.07) is 0.799. The molecule has 1 aliphatic rings. The molecule has 2 nitrogen and oxygen atoms in total. The SMILES string of the molecule is CCC1CCC(NCCCCCCO)C1. The summed E-state index contributed by atoms with van der Waals surface area (Å²) in [4.78, 5) is 0. The van der Waals surface area contributed by atoms with Crippen LogP contribution in [0.15, 0.2) is 0 Å². The highest BCUT2D eigenvalue weighted by Gasteiger charge is 2.22. The maximum absolute atomic E-state index is 8.64. The number of nitrogens with one attached hydrogen (secondary N) is 1. The molecule has 1 fully saturated rings. The third-order valence-electron chi connectivity index (χ3n) is 3.64. The van der Waals surface area contributed by atoms with Gasteiger partial charge in [0, 0.05) is 12.6 Å². The van der Waals surface area contributed by atoms with E-state index in [9.17, 15) is 0 Å². The van der Waals surface area contributed by atoms with Crippen LogP contribution in [-0.2, 0) is 0 Å². The molecule has 0 bridgehead atoms. The van der Waals surface area contributed by atoms with Crippen molar-refractivity contribution in [3.63, 3.8) is 0 Å². The van der Waals surface area contributed by atoms with Gasteiger partial charge in [0.1, 0.15) is 0 Å². The van der Waals surface area contributed by atoms with Gasteiger partial charge in [0.2, 0.25) is 0 Å². The van der Waals surface area contributed by atoms with E-state index >= 15 is 0 Å². The van der Waals surface area contributed by atoms with Crippen LogP contribution >= 0.6 is 0 Å². The molecule has 0 aliphatic heterocycles. The van der Waals surface area contributed by atoms with Gasteiger partial charge in [0.15, 0.2) is 0 Å². The molecule has 2 unspecified atom stereocenters. The Balaban J connectivity index is 1.88. The minimum Gasteiger partial charge on any atom is -0.396 e. The van der Waals surface area contributed by atoms with Gasteiger partial charge in [0.25, 0.3) is 0 Å². The summed E-state index contributed by atoms with van der Waals surface area (Å²) < 4.78 is 0. The van der Waals surface area contributed by atoms with Crippen LogP contribution in [0.3, 0.4) is 0 Å². The summed E-state index contributed by atoms with van der Waals surface area (Å²) >= 11 is 0. The molecular formula is C13H27NO. The molecule has 2 heteroatoms. The molecule has 0 aromatic carbocycles. The second-order valence-electron chi connectivity index (χ2n) is 4.88. The van der Waals surface area contributed by atoms with Crippen molar-refractivity contribution in [3.05, 3.63) is 0 Å². The molecule has 1 aliphatic carbocycles. The van der Waals surface area contributed by atoms with E-state index in [0.29, 0.717) is 6.61 Å². The first-order chi connectivity index (χ1) is 7.36. The molecule has 0 heterocycles. The lowest BCUT2D eigenvalue weighted by atomic mass is 10.1. The van der Waals surface area contributed by atoms with Crippen LogP contribution in [0, 0.1) is 5.92 Å². The Hall–Kier alpha value is -0.0800. The van der Waals surface area contributed by atoms with Crippen LogP contribution in [0.25, 0.3) is 0 Å². The lowest BCUT2D eigenvalue weighted by Gasteiger charge is -2.12. The largest absolute Gasteiger partial charge is 0.396 e. The number of hydrogen-bond acceptors (Lipinski definition) is 2. The summed E-state index contributed by atoms with van der Waals surface area (Å²) in [5.41, 5.74) is 0. The summed E-state index contributed by atoms with van der Waals surface area (Å²) in [7, 11) is 0. The van der Waals surface area contributed by atoms with Gasteiger partial charge in [-0.25, -0.2) is 0 Å². The average molecular weight is 213 g/mol. The summed E-state index contributed by atoms with van der Waals surface area (Å²) in [6.07, 6.45) is 10.3. The Bertz CT molecular complexity index is 149. The van der Waals surface area contributed by atoms with Crippen LogP contribution in [0.5, 0.6) is 0 Å². The number of aliphatic hydroxyl groups excluding tert-OH is 1. The first kappa shape index (κ1) is 13.0. The van der Waals surface area contributed by atoms with Gasteiger partial charge in [-0.2, -0.15) is 0 Å². The normalized spacial score (nSPS) is 26.0. The maximum atomic E-state index is 8.64. The number of unbranched alkanes of at least 4 members (excludes halogenated alkanes) is 3. The molecule has 0 spiro atoms. The van der Waals surface area contributed by atoms with Gasteiger partial charge in [-0.15, -0.1) is 0 Å². The van der Waals surface area contributed by atoms with Gasteiger partial charge in [-0.1, -0.05) is 26.2 Å². The molecule has 0 radical (unpaired) electrons. The number of aliphatic hydroxyl groups is 1. The van der Waals surface area contributed by atoms with E-state index < -0.39 is 0 Å². The maximum Gasteiger partial charge on any atom is 0.0431 e. The molecule has 0 saturated heterocycles. The molecule has 2 atom stereocenters. The van der Waals surface area contributed by atoms with Gasteiger partial charge in [0.05, 0.1) is 0 Å². The summed E-state index contributed by atoms with van der Waals surface area (Å²) in [5.74, 6) is 0.983. The van der Waals surface area contributed by atoms with Crippen molar-refractivity contribution < 1.29 is 5.11 Å². The zero-order valence-electron chi connectivity index (χ0n) is 10.2. The van der Waals surface area contributed by atoms with Crippen molar-refractivity contribution in [2.24, 2.45) is 5.92 Å². The van der Waals surface area contributed by atoms with Crippen molar-refractivity contribution in [3.8, 4) is 0 Å². The Kier molecular flexibility index (Phi) is 7.03. The molecule has 2 N–H and O–H groups in total. The topological polar surface area (TPSA) is 32.3 Å². The van der Waals surface area contributed by atoms with Crippen LogP contribution in [0.4, 0.5) is 0 Å². The standard InChI is InChI=1S/C13H27NO/c1-2-12-7-8-13(11-12)14-9-5-3-4-6-10-15/h12-15H,2-11H2,1H3. The quantitative estimate of drug-likeness (QED) is 0.608. The molecule has 0 amide bonds. The van der Waals surface area contributed by atoms with E-state index in [1.807, 2.05) is 0 Å². The van der Waals surface area contributed by atoms with Crippen molar-refractivity contribution >= 4 is 0 Å². The van der Waals surface area contributed by atoms with E-state index in [2.05, 4.69) is 12.2 Å². The third-order valence-corrected chi connectivity index (χ3v) is 3.64. The van der Waals surface area contributed by atoms with Crippen LogP contribution in [-0.4, -0.2) is 24.3 Å². The van der Waals surface area contributed by atoms with Crippen LogP contribution in [0.2, 0.25) is 0 Å². The Morgan fingerprint density at radius 1 is 1.13 bits per heavy atom. The third kappa shape index (κ3) is 5.53. The van der Waals surface area contributed by atoms with Crippen LogP contribution < -0.4 is 5.32 Å². The smallest absolute Gasteiger partial charge is 0.0431 e. The van der Waals surface area contributed by atoms with Gasteiger partial charge in [-0.3, -0.25) is 0 Å². The van der Waals surface area contributed by atoms with E-state index in [1.54, 1.807) is 0 Å². The highest BCUT2D eigenvalue weighted by atomic mass is 16.2. The highest BCUT2D eigenvalue weighted by Crippen LogP contribution is 2.27. The van der Waals surface area contributed by atoms with E-state index in [1.165, 1.54) is 51.5 Å². The van der Waals surface area contributed by atoms with Crippen molar-refractivity contribution in [2.45, 2.75) is 64.3 Å². The van der Waals surface area contributed by atoms with Crippen LogP contribution in [0.1, 0.15) is 58.3 Å². The molecule has 90 valence electrons.